The summed E-state index contributed by atoms with van der Waals surface area (Å²) in [5.74, 6) is 0. The van der Waals surface area contributed by atoms with Gasteiger partial charge < -0.3 is 5.73 Å². The van der Waals surface area contributed by atoms with Crippen LogP contribution in [0.5, 0.6) is 0 Å². The quantitative estimate of drug-likeness (QED) is 0.573. The van der Waals surface area contributed by atoms with Crippen LogP contribution in [0.15, 0.2) is 16.6 Å². The molecule has 4 heteroatoms. The fourth-order valence-electron chi connectivity index (χ4n) is 0.553. The predicted octanol–water partition coefficient (Wildman–Crippen LogP) is 3.29. The lowest BCUT2D eigenvalue weighted by Gasteiger charge is -2.00. The Kier molecular flexibility index (Phi) is 2.82. The van der Waals surface area contributed by atoms with Crippen molar-refractivity contribution < 1.29 is 0 Å². The van der Waals surface area contributed by atoms with Crippen LogP contribution >= 0.6 is 50.1 Å². The Morgan fingerprint density at radius 1 is 1.50 bits per heavy atom. The molecule has 1 aromatic rings. The molecule has 1 rings (SSSR count). The van der Waals surface area contributed by atoms with Crippen molar-refractivity contribution in [3.8, 4) is 0 Å². The van der Waals surface area contributed by atoms with Gasteiger partial charge in [-0.1, -0.05) is 11.6 Å². The molecular formula is C6H4BrClIN. The average molecular weight is 332 g/mol. The summed E-state index contributed by atoms with van der Waals surface area (Å²) in [5, 5.41) is 0.596. The highest BCUT2D eigenvalue weighted by Crippen LogP contribution is 2.29. The molecule has 0 amide bonds. The molecule has 0 atom stereocenters. The predicted molar refractivity (Wildman–Crippen MR) is 56.3 cm³/mol. The minimum Gasteiger partial charge on any atom is -0.397 e. The van der Waals surface area contributed by atoms with Gasteiger partial charge in [0, 0.05) is 8.04 Å². The van der Waals surface area contributed by atoms with Gasteiger partial charge in [0.2, 0.25) is 0 Å². The molecular weight excluding hydrogens is 328 g/mol. The van der Waals surface area contributed by atoms with Crippen LogP contribution in [0.1, 0.15) is 0 Å². The Labute approximate surface area is 86.2 Å². The van der Waals surface area contributed by atoms with Crippen LogP contribution in [0.4, 0.5) is 5.69 Å². The first-order chi connectivity index (χ1) is 4.61. The van der Waals surface area contributed by atoms with Crippen molar-refractivity contribution in [2.75, 3.05) is 5.73 Å². The van der Waals surface area contributed by atoms with E-state index in [1.165, 1.54) is 0 Å². The van der Waals surface area contributed by atoms with Crippen LogP contribution in [0.25, 0.3) is 0 Å². The maximum absolute atomic E-state index is 5.76. The molecule has 0 unspecified atom stereocenters. The van der Waals surface area contributed by atoms with Crippen LogP contribution in [0.3, 0.4) is 0 Å². The first kappa shape index (κ1) is 8.62. The lowest BCUT2D eigenvalue weighted by molar-refractivity contribution is 1.58. The fraction of sp³-hybridized carbons (Fsp3) is 0. The topological polar surface area (TPSA) is 26.0 Å². The zero-order valence-electron chi connectivity index (χ0n) is 4.87. The number of hydrogen-bond donors (Lipinski definition) is 1. The highest BCUT2D eigenvalue weighted by atomic mass is 127. The summed E-state index contributed by atoms with van der Waals surface area (Å²) in [6.07, 6.45) is 0. The molecule has 0 saturated carbocycles. The summed E-state index contributed by atoms with van der Waals surface area (Å²) >= 11 is 11.2. The second-order valence-electron chi connectivity index (χ2n) is 1.78. The summed E-state index contributed by atoms with van der Waals surface area (Å²) in [6, 6.07) is 3.74. The zero-order valence-corrected chi connectivity index (χ0v) is 9.37. The van der Waals surface area contributed by atoms with Gasteiger partial charge in [0.1, 0.15) is 0 Å². The number of halogens is 3. The molecule has 0 spiro atoms. The third-order valence-electron chi connectivity index (χ3n) is 1.04. The van der Waals surface area contributed by atoms with E-state index in [1.54, 1.807) is 0 Å². The molecule has 0 saturated heterocycles. The van der Waals surface area contributed by atoms with Crippen molar-refractivity contribution in [1.29, 1.82) is 0 Å². The van der Waals surface area contributed by atoms with Crippen molar-refractivity contribution in [2.24, 2.45) is 0 Å². The first-order valence-electron chi connectivity index (χ1n) is 2.51. The Morgan fingerprint density at radius 3 is 2.60 bits per heavy atom. The summed E-state index contributed by atoms with van der Waals surface area (Å²) in [7, 11) is 0. The summed E-state index contributed by atoms with van der Waals surface area (Å²) < 4.78 is 1.92. The first-order valence-corrected chi connectivity index (χ1v) is 4.76. The molecule has 0 aliphatic carbocycles. The summed E-state index contributed by atoms with van der Waals surface area (Å²) in [6.45, 7) is 0. The van der Waals surface area contributed by atoms with E-state index >= 15 is 0 Å². The second kappa shape index (κ2) is 3.28. The van der Waals surface area contributed by atoms with E-state index in [0.29, 0.717) is 10.7 Å². The Hall–Kier alpha value is 0.520. The smallest absolute Gasteiger partial charge is 0.0657 e. The van der Waals surface area contributed by atoms with Gasteiger partial charge in [-0.3, -0.25) is 0 Å². The largest absolute Gasteiger partial charge is 0.397 e. The van der Waals surface area contributed by atoms with Gasteiger partial charge in [0.05, 0.1) is 10.7 Å². The maximum Gasteiger partial charge on any atom is 0.0657 e. The van der Waals surface area contributed by atoms with E-state index in [1.807, 2.05) is 12.1 Å². The number of anilines is 1. The van der Waals surface area contributed by atoms with Crippen LogP contribution in [0, 0.1) is 3.57 Å². The van der Waals surface area contributed by atoms with E-state index in [-0.39, 0.29) is 0 Å². The number of rotatable bonds is 0. The van der Waals surface area contributed by atoms with Crippen LogP contribution < -0.4 is 5.73 Å². The van der Waals surface area contributed by atoms with Crippen molar-refractivity contribution >= 4 is 55.8 Å². The average Bonchev–Trinajstić information content (AvgIpc) is 1.82. The minimum absolute atomic E-state index is 0.596. The Bertz CT molecular complexity index is 241. The second-order valence-corrected chi connectivity index (χ2v) is 4.29. The third kappa shape index (κ3) is 1.77. The SMILES string of the molecule is Nc1c(Cl)cc(I)cc1Br. The lowest BCUT2D eigenvalue weighted by Crippen LogP contribution is -1.88. The van der Waals surface area contributed by atoms with Gasteiger partial charge in [-0.05, 0) is 50.7 Å². The molecule has 0 fully saturated rings. The van der Waals surface area contributed by atoms with Gasteiger partial charge in [-0.15, -0.1) is 0 Å². The number of nitrogen functional groups attached to an aromatic ring is 1. The monoisotopic (exact) mass is 331 g/mol. The van der Waals surface area contributed by atoms with Gasteiger partial charge in [-0.25, -0.2) is 0 Å². The van der Waals surface area contributed by atoms with E-state index in [4.69, 9.17) is 17.3 Å². The molecule has 10 heavy (non-hydrogen) atoms. The number of nitrogens with two attached hydrogens (primary N) is 1. The highest BCUT2D eigenvalue weighted by molar-refractivity contribution is 14.1. The molecule has 1 nitrogen and oxygen atoms in total. The van der Waals surface area contributed by atoms with Gasteiger partial charge in [-0.2, -0.15) is 0 Å². The normalized spacial score (nSPS) is 9.90. The molecule has 0 aromatic heterocycles. The summed E-state index contributed by atoms with van der Waals surface area (Å²) in [5.41, 5.74) is 6.17. The van der Waals surface area contributed by atoms with E-state index in [0.717, 1.165) is 8.04 Å². The lowest BCUT2D eigenvalue weighted by atomic mass is 10.3. The summed E-state index contributed by atoms with van der Waals surface area (Å²) in [4.78, 5) is 0. The molecule has 0 aliphatic rings. The molecule has 0 heterocycles. The van der Waals surface area contributed by atoms with E-state index in [9.17, 15) is 0 Å². The van der Waals surface area contributed by atoms with Crippen molar-refractivity contribution in [2.45, 2.75) is 0 Å². The zero-order chi connectivity index (χ0) is 7.72. The molecule has 0 radical (unpaired) electrons. The van der Waals surface area contributed by atoms with Crippen molar-refractivity contribution in [1.82, 2.24) is 0 Å². The van der Waals surface area contributed by atoms with Gasteiger partial charge in [0.25, 0.3) is 0 Å². The van der Waals surface area contributed by atoms with E-state index < -0.39 is 0 Å². The van der Waals surface area contributed by atoms with E-state index in [2.05, 4.69) is 38.5 Å². The van der Waals surface area contributed by atoms with Gasteiger partial charge >= 0.3 is 0 Å². The van der Waals surface area contributed by atoms with Crippen LogP contribution in [0.2, 0.25) is 5.02 Å². The fourth-order valence-corrected chi connectivity index (χ4v) is 2.58. The third-order valence-corrected chi connectivity index (χ3v) is 2.64. The molecule has 0 bridgehead atoms. The van der Waals surface area contributed by atoms with Crippen LogP contribution in [-0.2, 0) is 0 Å². The minimum atomic E-state index is 0.596. The number of benzene rings is 1. The highest BCUT2D eigenvalue weighted by Gasteiger charge is 2.01. The van der Waals surface area contributed by atoms with Crippen molar-refractivity contribution in [3.05, 3.63) is 25.2 Å². The molecule has 2 N–H and O–H groups in total. The molecule has 54 valence electrons. The molecule has 1 aromatic carbocycles. The van der Waals surface area contributed by atoms with Gasteiger partial charge in [0.15, 0.2) is 0 Å². The van der Waals surface area contributed by atoms with Crippen molar-refractivity contribution in [3.63, 3.8) is 0 Å². The standard InChI is InChI=1S/C6H4BrClIN/c7-4-1-3(9)2-5(8)6(4)10/h1-2H,10H2. The van der Waals surface area contributed by atoms with Crippen LogP contribution in [-0.4, -0.2) is 0 Å². The maximum atomic E-state index is 5.76. The Balaban J connectivity index is 3.31. The molecule has 0 aliphatic heterocycles. The number of hydrogen-bond acceptors (Lipinski definition) is 1. The Morgan fingerprint density at radius 2 is 2.10 bits per heavy atom.